The highest BCUT2D eigenvalue weighted by atomic mass is 16.6. The summed E-state index contributed by atoms with van der Waals surface area (Å²) < 4.78 is 5.58. The van der Waals surface area contributed by atoms with Crippen molar-refractivity contribution in [3.05, 3.63) is 35.9 Å². The monoisotopic (exact) mass is 388 g/mol. The molecule has 0 spiro atoms. The SMILES string of the molecule is C[C@H]1CN(C)CCCN1CN1CCCN(C(=O)OCc2ccccc2)[C@@H](C)C1. The maximum atomic E-state index is 12.6. The summed E-state index contributed by atoms with van der Waals surface area (Å²) in [5, 5.41) is 0. The molecule has 0 saturated carbocycles. The molecular formula is C22H36N4O2. The fraction of sp³-hybridized carbons (Fsp3) is 0.682. The molecule has 2 saturated heterocycles. The number of benzene rings is 1. The Morgan fingerprint density at radius 3 is 2.54 bits per heavy atom. The molecular weight excluding hydrogens is 352 g/mol. The van der Waals surface area contributed by atoms with Crippen molar-refractivity contribution < 1.29 is 9.53 Å². The Hall–Kier alpha value is -1.63. The molecule has 0 bridgehead atoms. The van der Waals surface area contributed by atoms with E-state index in [-0.39, 0.29) is 12.1 Å². The summed E-state index contributed by atoms with van der Waals surface area (Å²) in [5.41, 5.74) is 1.03. The van der Waals surface area contributed by atoms with Gasteiger partial charge in [-0.15, -0.1) is 0 Å². The number of carbonyl (C=O) groups excluding carboxylic acids is 1. The molecule has 0 N–H and O–H groups in total. The van der Waals surface area contributed by atoms with Crippen molar-refractivity contribution in [2.45, 2.75) is 45.4 Å². The Kier molecular flexibility index (Phi) is 7.71. The molecule has 2 fully saturated rings. The number of ether oxygens (including phenoxy) is 1. The second-order valence-corrected chi connectivity index (χ2v) is 8.43. The first-order valence-electron chi connectivity index (χ1n) is 10.6. The molecule has 1 amide bonds. The van der Waals surface area contributed by atoms with Gasteiger partial charge in [0.25, 0.3) is 0 Å². The van der Waals surface area contributed by atoms with Gasteiger partial charge in [0, 0.05) is 44.8 Å². The van der Waals surface area contributed by atoms with Gasteiger partial charge in [-0.3, -0.25) is 9.80 Å². The lowest BCUT2D eigenvalue weighted by atomic mass is 10.2. The van der Waals surface area contributed by atoms with Crippen molar-refractivity contribution in [2.24, 2.45) is 0 Å². The fourth-order valence-electron chi connectivity index (χ4n) is 4.34. The van der Waals surface area contributed by atoms with E-state index in [0.717, 1.165) is 51.4 Å². The second kappa shape index (κ2) is 10.2. The van der Waals surface area contributed by atoms with Crippen LogP contribution in [-0.4, -0.2) is 90.8 Å². The second-order valence-electron chi connectivity index (χ2n) is 8.43. The summed E-state index contributed by atoms with van der Waals surface area (Å²) in [6.07, 6.45) is 2.03. The third-order valence-corrected chi connectivity index (χ3v) is 5.93. The van der Waals surface area contributed by atoms with E-state index in [1.807, 2.05) is 35.2 Å². The van der Waals surface area contributed by atoms with Gasteiger partial charge in [0.1, 0.15) is 6.61 Å². The standard InChI is InChI=1S/C22H36N4O2/c1-19-15-23(3)11-7-13-25(19)18-24-12-8-14-26(20(2)16-24)22(27)28-17-21-9-5-4-6-10-21/h4-6,9-10,19-20H,7-8,11-18H2,1-3H3/t19-,20-/m0/s1. The van der Waals surface area contributed by atoms with E-state index in [1.54, 1.807) is 0 Å². The Morgan fingerprint density at radius 1 is 1.00 bits per heavy atom. The minimum Gasteiger partial charge on any atom is -0.445 e. The fourth-order valence-corrected chi connectivity index (χ4v) is 4.34. The highest BCUT2D eigenvalue weighted by molar-refractivity contribution is 5.68. The predicted molar refractivity (Wildman–Crippen MR) is 112 cm³/mol. The van der Waals surface area contributed by atoms with Crippen LogP contribution in [0, 0.1) is 0 Å². The first-order chi connectivity index (χ1) is 13.5. The molecule has 0 aliphatic carbocycles. The zero-order chi connectivity index (χ0) is 19.9. The molecule has 0 aromatic heterocycles. The number of amides is 1. The van der Waals surface area contributed by atoms with E-state index in [0.29, 0.717) is 12.6 Å². The highest BCUT2D eigenvalue weighted by Crippen LogP contribution is 2.15. The number of nitrogens with zero attached hydrogens (tertiary/aromatic N) is 4. The van der Waals surface area contributed by atoms with E-state index in [9.17, 15) is 4.79 Å². The zero-order valence-corrected chi connectivity index (χ0v) is 17.7. The largest absolute Gasteiger partial charge is 0.445 e. The topological polar surface area (TPSA) is 39.3 Å². The average molecular weight is 389 g/mol. The van der Waals surface area contributed by atoms with E-state index >= 15 is 0 Å². The summed E-state index contributed by atoms with van der Waals surface area (Å²) in [4.78, 5) is 22.1. The lowest BCUT2D eigenvalue weighted by Crippen LogP contribution is -2.48. The molecule has 2 aliphatic rings. The molecule has 0 unspecified atom stereocenters. The smallest absolute Gasteiger partial charge is 0.410 e. The lowest BCUT2D eigenvalue weighted by Gasteiger charge is -2.34. The lowest BCUT2D eigenvalue weighted by molar-refractivity contribution is 0.0724. The number of likely N-dealkylation sites (N-methyl/N-ethyl adjacent to an activating group) is 1. The van der Waals surface area contributed by atoms with Gasteiger partial charge in [-0.05, 0) is 45.8 Å². The van der Waals surface area contributed by atoms with Crippen LogP contribution in [0.1, 0.15) is 32.3 Å². The van der Waals surface area contributed by atoms with Crippen molar-refractivity contribution in [1.29, 1.82) is 0 Å². The molecule has 6 nitrogen and oxygen atoms in total. The van der Waals surface area contributed by atoms with Crippen LogP contribution >= 0.6 is 0 Å². The summed E-state index contributed by atoms with van der Waals surface area (Å²) in [6, 6.07) is 10.6. The van der Waals surface area contributed by atoms with E-state index in [4.69, 9.17) is 4.74 Å². The van der Waals surface area contributed by atoms with Crippen LogP contribution in [0.3, 0.4) is 0 Å². The summed E-state index contributed by atoms with van der Waals surface area (Å²) >= 11 is 0. The Balaban J connectivity index is 1.51. The Morgan fingerprint density at radius 2 is 1.75 bits per heavy atom. The van der Waals surface area contributed by atoms with Crippen molar-refractivity contribution >= 4 is 6.09 Å². The molecule has 1 aromatic rings. The molecule has 2 aliphatic heterocycles. The van der Waals surface area contributed by atoms with Crippen molar-refractivity contribution in [1.82, 2.24) is 19.6 Å². The Labute approximate surface area is 170 Å². The molecule has 6 heteroatoms. The van der Waals surface area contributed by atoms with Crippen molar-refractivity contribution in [3.63, 3.8) is 0 Å². The van der Waals surface area contributed by atoms with Crippen LogP contribution in [0.25, 0.3) is 0 Å². The maximum absolute atomic E-state index is 12.6. The van der Waals surface area contributed by atoms with Crippen LogP contribution in [0.2, 0.25) is 0 Å². The quantitative estimate of drug-likeness (QED) is 0.793. The zero-order valence-electron chi connectivity index (χ0n) is 17.7. The van der Waals surface area contributed by atoms with Crippen LogP contribution in [0.15, 0.2) is 30.3 Å². The minimum absolute atomic E-state index is 0.163. The van der Waals surface area contributed by atoms with Crippen LogP contribution in [0.4, 0.5) is 4.79 Å². The normalized spacial score (nSPS) is 25.9. The van der Waals surface area contributed by atoms with Gasteiger partial charge in [-0.2, -0.15) is 0 Å². The van der Waals surface area contributed by atoms with Gasteiger partial charge >= 0.3 is 6.09 Å². The first-order valence-corrected chi connectivity index (χ1v) is 10.6. The van der Waals surface area contributed by atoms with Crippen LogP contribution in [-0.2, 0) is 11.3 Å². The van der Waals surface area contributed by atoms with Gasteiger partial charge in [0.2, 0.25) is 0 Å². The number of hydrogen-bond donors (Lipinski definition) is 0. The molecule has 2 atom stereocenters. The van der Waals surface area contributed by atoms with E-state index in [1.165, 1.54) is 13.0 Å². The molecule has 1 aromatic carbocycles. The first kappa shape index (κ1) is 21.1. The molecule has 2 heterocycles. The van der Waals surface area contributed by atoms with E-state index < -0.39 is 0 Å². The maximum Gasteiger partial charge on any atom is 0.410 e. The van der Waals surface area contributed by atoms with Gasteiger partial charge in [-0.1, -0.05) is 30.3 Å². The number of carbonyl (C=O) groups is 1. The van der Waals surface area contributed by atoms with Crippen LogP contribution in [0.5, 0.6) is 0 Å². The predicted octanol–water partition coefficient (Wildman–Crippen LogP) is 2.70. The number of rotatable bonds is 4. The summed E-state index contributed by atoms with van der Waals surface area (Å²) in [5.74, 6) is 0. The summed E-state index contributed by atoms with van der Waals surface area (Å²) in [7, 11) is 2.22. The van der Waals surface area contributed by atoms with Crippen molar-refractivity contribution in [2.75, 3.05) is 53.0 Å². The highest BCUT2D eigenvalue weighted by Gasteiger charge is 2.28. The molecule has 3 rings (SSSR count). The average Bonchev–Trinajstić information content (AvgIpc) is 2.96. The van der Waals surface area contributed by atoms with Gasteiger partial charge in [0.15, 0.2) is 0 Å². The Bertz CT molecular complexity index is 612. The third kappa shape index (κ3) is 5.93. The van der Waals surface area contributed by atoms with Crippen LogP contribution < -0.4 is 0 Å². The third-order valence-electron chi connectivity index (χ3n) is 5.93. The molecule has 156 valence electrons. The number of hydrogen-bond acceptors (Lipinski definition) is 5. The van der Waals surface area contributed by atoms with Gasteiger partial charge in [0.05, 0.1) is 6.67 Å². The minimum atomic E-state index is -0.192. The van der Waals surface area contributed by atoms with Crippen molar-refractivity contribution in [3.8, 4) is 0 Å². The van der Waals surface area contributed by atoms with Gasteiger partial charge in [-0.25, -0.2) is 4.79 Å². The molecule has 0 radical (unpaired) electrons. The van der Waals surface area contributed by atoms with E-state index in [2.05, 4.69) is 35.6 Å². The van der Waals surface area contributed by atoms with Gasteiger partial charge < -0.3 is 14.5 Å². The summed E-state index contributed by atoms with van der Waals surface area (Å²) in [6.45, 7) is 12.0. The molecule has 28 heavy (non-hydrogen) atoms.